The molecule has 0 unspecified atom stereocenters. The number of hydrogen-bond acceptors (Lipinski definition) is 2. The smallest absolute Gasteiger partial charge is 0.214 e. The molecule has 0 amide bonds. The summed E-state index contributed by atoms with van der Waals surface area (Å²) < 4.78 is 12.6. The zero-order valence-electron chi connectivity index (χ0n) is 6.51. The van der Waals surface area contributed by atoms with Gasteiger partial charge < -0.3 is 0 Å². The van der Waals surface area contributed by atoms with E-state index in [0.717, 1.165) is 6.07 Å². The maximum Gasteiger partial charge on any atom is 0.214 e. The lowest BCUT2D eigenvalue weighted by molar-refractivity contribution is 0.583. The second-order valence-corrected chi connectivity index (χ2v) is 2.53. The molecule has 0 aliphatic carbocycles. The summed E-state index contributed by atoms with van der Waals surface area (Å²) in [5.41, 5.74) is 0.351. The lowest BCUT2D eigenvalue weighted by atomic mass is 10.2. The van der Waals surface area contributed by atoms with Crippen molar-refractivity contribution < 1.29 is 4.39 Å². The third-order valence-corrected chi connectivity index (χ3v) is 1.51. The Labute approximate surface area is 80.0 Å². The predicted molar refractivity (Wildman–Crippen MR) is 46.3 cm³/mol. The molecule has 64 valence electrons. The maximum atomic E-state index is 12.6. The average Bonchev–Trinajstić information content (AvgIpc) is 2.11. The van der Waals surface area contributed by atoms with Crippen molar-refractivity contribution in [1.29, 1.82) is 5.26 Å². The number of rotatable bonds is 0. The minimum absolute atomic E-state index is 0.0975. The maximum absolute atomic E-state index is 12.6. The Morgan fingerprint density at radius 1 is 1.62 bits per heavy atom. The molecule has 0 fully saturated rings. The Bertz CT molecular complexity index is 412. The van der Waals surface area contributed by atoms with Crippen LogP contribution in [0.2, 0.25) is 5.02 Å². The Morgan fingerprint density at radius 2 is 2.38 bits per heavy atom. The van der Waals surface area contributed by atoms with Gasteiger partial charge in [0, 0.05) is 17.8 Å². The van der Waals surface area contributed by atoms with E-state index in [9.17, 15) is 4.39 Å². The first-order valence-corrected chi connectivity index (χ1v) is 3.78. The van der Waals surface area contributed by atoms with Crippen LogP contribution in [-0.4, -0.2) is 4.98 Å². The minimum Gasteiger partial charge on any atom is -0.227 e. The van der Waals surface area contributed by atoms with Gasteiger partial charge in [-0.25, -0.2) is 4.98 Å². The molecule has 0 atom stereocenters. The molecule has 0 saturated heterocycles. The van der Waals surface area contributed by atoms with Gasteiger partial charge in [-0.1, -0.05) is 23.4 Å². The van der Waals surface area contributed by atoms with Crippen molar-refractivity contribution in [3.8, 4) is 17.9 Å². The van der Waals surface area contributed by atoms with E-state index in [1.54, 1.807) is 0 Å². The summed E-state index contributed by atoms with van der Waals surface area (Å²) in [5.74, 6) is 4.47. The van der Waals surface area contributed by atoms with Crippen LogP contribution in [-0.2, 0) is 0 Å². The van der Waals surface area contributed by atoms with Crippen LogP contribution < -0.4 is 0 Å². The standard InChI is InChI=1S/C9H4ClFN2/c10-8-6-13-9(11)5-7(8)3-1-2-4-12/h5-6H,2H2. The Balaban J connectivity index is 2.97. The molecule has 13 heavy (non-hydrogen) atoms. The second-order valence-electron chi connectivity index (χ2n) is 2.12. The number of aromatic nitrogens is 1. The molecule has 2 nitrogen and oxygen atoms in total. The first-order valence-electron chi connectivity index (χ1n) is 3.41. The van der Waals surface area contributed by atoms with Crippen LogP contribution in [0.3, 0.4) is 0 Å². The SMILES string of the molecule is N#CCC#Cc1cc(F)ncc1Cl. The summed E-state index contributed by atoms with van der Waals surface area (Å²) in [4.78, 5) is 3.34. The van der Waals surface area contributed by atoms with E-state index >= 15 is 0 Å². The summed E-state index contributed by atoms with van der Waals surface area (Å²) in [6, 6.07) is 2.98. The number of nitriles is 1. The number of pyridine rings is 1. The van der Waals surface area contributed by atoms with Crippen molar-refractivity contribution in [2.45, 2.75) is 6.42 Å². The summed E-state index contributed by atoms with van der Waals surface area (Å²) >= 11 is 5.66. The Hall–Kier alpha value is -1.58. The summed E-state index contributed by atoms with van der Waals surface area (Å²) in [6.07, 6.45) is 1.29. The van der Waals surface area contributed by atoms with E-state index < -0.39 is 5.95 Å². The first kappa shape index (κ1) is 9.51. The number of nitrogens with zero attached hydrogens (tertiary/aromatic N) is 2. The normalized spacial score (nSPS) is 8.38. The quantitative estimate of drug-likeness (QED) is 0.469. The van der Waals surface area contributed by atoms with E-state index in [4.69, 9.17) is 16.9 Å². The monoisotopic (exact) mass is 194 g/mol. The molecule has 0 aliphatic heterocycles. The average molecular weight is 195 g/mol. The molecule has 1 aromatic heterocycles. The third-order valence-electron chi connectivity index (χ3n) is 1.21. The highest BCUT2D eigenvalue weighted by atomic mass is 35.5. The van der Waals surface area contributed by atoms with E-state index in [-0.39, 0.29) is 11.4 Å². The molecule has 0 aliphatic rings. The largest absolute Gasteiger partial charge is 0.227 e. The van der Waals surface area contributed by atoms with Crippen LogP contribution in [0.1, 0.15) is 12.0 Å². The van der Waals surface area contributed by atoms with E-state index in [1.807, 2.05) is 6.07 Å². The van der Waals surface area contributed by atoms with Crippen LogP contribution in [0.25, 0.3) is 0 Å². The van der Waals surface area contributed by atoms with E-state index in [2.05, 4.69) is 16.8 Å². The van der Waals surface area contributed by atoms with Crippen molar-refractivity contribution >= 4 is 11.6 Å². The first-order chi connectivity index (χ1) is 6.24. The fourth-order valence-electron chi connectivity index (χ4n) is 0.688. The van der Waals surface area contributed by atoms with E-state index in [1.165, 1.54) is 6.20 Å². The Morgan fingerprint density at radius 3 is 3.08 bits per heavy atom. The molecule has 0 radical (unpaired) electrons. The molecule has 1 rings (SSSR count). The van der Waals surface area contributed by atoms with Crippen LogP contribution in [0.5, 0.6) is 0 Å². The van der Waals surface area contributed by atoms with Crippen molar-refractivity contribution in [1.82, 2.24) is 4.98 Å². The van der Waals surface area contributed by atoms with Gasteiger partial charge in [0.25, 0.3) is 0 Å². The molecular weight excluding hydrogens is 191 g/mol. The molecule has 0 saturated carbocycles. The summed E-state index contributed by atoms with van der Waals surface area (Å²) in [5, 5.41) is 8.48. The van der Waals surface area contributed by atoms with Crippen LogP contribution >= 0.6 is 11.6 Å². The lowest BCUT2D eigenvalue weighted by Gasteiger charge is -1.93. The molecule has 0 spiro atoms. The fraction of sp³-hybridized carbons (Fsp3) is 0.111. The van der Waals surface area contributed by atoms with Gasteiger partial charge in [-0.3, -0.25) is 0 Å². The van der Waals surface area contributed by atoms with E-state index in [0.29, 0.717) is 5.56 Å². The molecule has 0 bridgehead atoms. The minimum atomic E-state index is -0.634. The lowest BCUT2D eigenvalue weighted by Crippen LogP contribution is -1.85. The van der Waals surface area contributed by atoms with Crippen LogP contribution in [0, 0.1) is 29.1 Å². The highest BCUT2D eigenvalue weighted by molar-refractivity contribution is 6.31. The number of halogens is 2. The second kappa shape index (κ2) is 4.45. The highest BCUT2D eigenvalue weighted by Gasteiger charge is 1.98. The van der Waals surface area contributed by atoms with Crippen molar-refractivity contribution in [3.63, 3.8) is 0 Å². The third kappa shape index (κ3) is 2.74. The molecule has 0 aromatic carbocycles. The van der Waals surface area contributed by atoms with Gasteiger partial charge in [-0.2, -0.15) is 9.65 Å². The number of hydrogen-bond donors (Lipinski definition) is 0. The van der Waals surface area contributed by atoms with Crippen LogP contribution in [0.15, 0.2) is 12.3 Å². The zero-order valence-corrected chi connectivity index (χ0v) is 7.27. The van der Waals surface area contributed by atoms with Gasteiger partial charge >= 0.3 is 0 Å². The van der Waals surface area contributed by atoms with Gasteiger partial charge in [-0.15, -0.1) is 0 Å². The van der Waals surface area contributed by atoms with Crippen LogP contribution in [0.4, 0.5) is 4.39 Å². The van der Waals surface area contributed by atoms with Gasteiger partial charge in [0.15, 0.2) is 0 Å². The van der Waals surface area contributed by atoms with Crippen molar-refractivity contribution in [2.24, 2.45) is 0 Å². The van der Waals surface area contributed by atoms with Crippen molar-refractivity contribution in [3.05, 3.63) is 28.8 Å². The van der Waals surface area contributed by atoms with Gasteiger partial charge in [0.2, 0.25) is 5.95 Å². The topological polar surface area (TPSA) is 36.7 Å². The molecule has 0 N–H and O–H groups in total. The zero-order chi connectivity index (χ0) is 9.68. The van der Waals surface area contributed by atoms with Gasteiger partial charge in [0.05, 0.1) is 17.5 Å². The van der Waals surface area contributed by atoms with Crippen molar-refractivity contribution in [2.75, 3.05) is 0 Å². The predicted octanol–water partition coefficient (Wildman–Crippen LogP) is 2.14. The summed E-state index contributed by atoms with van der Waals surface area (Å²) in [6.45, 7) is 0. The Kier molecular flexibility index (Phi) is 3.25. The highest BCUT2D eigenvalue weighted by Crippen LogP contribution is 2.13. The van der Waals surface area contributed by atoms with Gasteiger partial charge in [0.1, 0.15) is 0 Å². The summed E-state index contributed by atoms with van der Waals surface area (Å²) in [7, 11) is 0. The molecule has 1 aromatic rings. The molecule has 1 heterocycles. The molecular formula is C9H4ClFN2. The molecule has 4 heteroatoms. The fourth-order valence-corrected chi connectivity index (χ4v) is 0.839. The van der Waals surface area contributed by atoms with Gasteiger partial charge in [-0.05, 0) is 0 Å².